The Balaban J connectivity index is 1.41. The number of hydrogen-bond donors (Lipinski definition) is 1. The third kappa shape index (κ3) is 6.49. The van der Waals surface area contributed by atoms with Crippen molar-refractivity contribution in [3.63, 3.8) is 0 Å². The molecule has 1 N–H and O–H groups in total. The molecule has 1 aromatic carbocycles. The fourth-order valence-electron chi connectivity index (χ4n) is 4.11. The standard InChI is InChI=1S/C27H31F2N5O3/c1-17-19-16-32-25(22-8-5-6-10-30-22)33-21(19)9-12-34(17)18-14-20(28)24(29)23(15-18)36-13-7-11-31-26(35)37-27(2,3)4/h5-6,8,10,14-17H,7,9,11-13H2,1-4H3,(H,31,35). The molecule has 196 valence electrons. The molecule has 1 aliphatic rings. The van der Waals surface area contributed by atoms with Crippen molar-refractivity contribution in [1.29, 1.82) is 0 Å². The number of nitrogens with one attached hydrogen (secondary N) is 1. The number of hydrogen-bond acceptors (Lipinski definition) is 7. The lowest BCUT2D eigenvalue weighted by Gasteiger charge is -2.36. The van der Waals surface area contributed by atoms with E-state index in [1.165, 1.54) is 12.1 Å². The number of aromatic nitrogens is 3. The second-order valence-corrected chi connectivity index (χ2v) is 9.80. The van der Waals surface area contributed by atoms with Crippen LogP contribution in [0.4, 0.5) is 19.3 Å². The van der Waals surface area contributed by atoms with E-state index in [2.05, 4.69) is 15.3 Å². The van der Waals surface area contributed by atoms with Crippen molar-refractivity contribution in [2.75, 3.05) is 24.6 Å². The number of pyridine rings is 1. The summed E-state index contributed by atoms with van der Waals surface area (Å²) in [5, 5.41) is 2.61. The van der Waals surface area contributed by atoms with Crippen molar-refractivity contribution in [3.05, 3.63) is 65.6 Å². The van der Waals surface area contributed by atoms with E-state index >= 15 is 0 Å². The molecule has 0 radical (unpaired) electrons. The fraction of sp³-hybridized carbons (Fsp3) is 0.407. The number of benzene rings is 1. The third-order valence-electron chi connectivity index (χ3n) is 5.86. The fourth-order valence-corrected chi connectivity index (χ4v) is 4.11. The zero-order valence-electron chi connectivity index (χ0n) is 21.4. The van der Waals surface area contributed by atoms with Gasteiger partial charge in [-0.3, -0.25) is 4.98 Å². The Labute approximate surface area is 215 Å². The molecule has 8 nitrogen and oxygen atoms in total. The van der Waals surface area contributed by atoms with E-state index in [1.807, 2.05) is 30.0 Å². The average molecular weight is 512 g/mol. The van der Waals surface area contributed by atoms with Crippen LogP contribution < -0.4 is 15.0 Å². The summed E-state index contributed by atoms with van der Waals surface area (Å²) in [5.74, 6) is -1.65. The van der Waals surface area contributed by atoms with Gasteiger partial charge in [-0.25, -0.2) is 19.2 Å². The van der Waals surface area contributed by atoms with Crippen LogP contribution in [0.15, 0.2) is 42.7 Å². The molecule has 4 rings (SSSR count). The Bertz CT molecular complexity index is 1250. The lowest BCUT2D eigenvalue weighted by Crippen LogP contribution is -2.35. The minimum absolute atomic E-state index is 0.0954. The summed E-state index contributed by atoms with van der Waals surface area (Å²) in [4.78, 5) is 27.2. The molecule has 0 fully saturated rings. The molecule has 2 aromatic heterocycles. The van der Waals surface area contributed by atoms with Gasteiger partial charge in [0.2, 0.25) is 5.82 Å². The summed E-state index contributed by atoms with van der Waals surface area (Å²) in [7, 11) is 0. The number of carbonyl (C=O) groups is 1. The summed E-state index contributed by atoms with van der Waals surface area (Å²) in [5.41, 5.74) is 2.44. The quantitative estimate of drug-likeness (QED) is 0.434. The number of carbonyl (C=O) groups excluding carboxylic acids is 1. The van der Waals surface area contributed by atoms with E-state index < -0.39 is 23.3 Å². The molecule has 1 amide bonds. The molecule has 1 atom stereocenters. The van der Waals surface area contributed by atoms with Crippen LogP contribution in [0, 0.1) is 11.6 Å². The molecule has 0 saturated carbocycles. The second kappa shape index (κ2) is 11.1. The van der Waals surface area contributed by atoms with Crippen LogP contribution in [-0.4, -0.2) is 46.3 Å². The van der Waals surface area contributed by atoms with Crippen LogP contribution in [0.1, 0.15) is 51.4 Å². The predicted molar refractivity (Wildman–Crippen MR) is 135 cm³/mol. The first-order valence-corrected chi connectivity index (χ1v) is 12.2. The van der Waals surface area contributed by atoms with Crippen molar-refractivity contribution < 1.29 is 23.0 Å². The molecular formula is C27H31F2N5O3. The highest BCUT2D eigenvalue weighted by Gasteiger charge is 2.28. The lowest BCUT2D eigenvalue weighted by molar-refractivity contribution is 0.0525. The van der Waals surface area contributed by atoms with E-state index in [9.17, 15) is 13.6 Å². The van der Waals surface area contributed by atoms with E-state index in [-0.39, 0.29) is 24.9 Å². The summed E-state index contributed by atoms with van der Waals surface area (Å²) < 4.78 is 39.7. The summed E-state index contributed by atoms with van der Waals surface area (Å²) in [6, 6.07) is 8.10. The summed E-state index contributed by atoms with van der Waals surface area (Å²) in [6.07, 6.45) is 3.95. The van der Waals surface area contributed by atoms with Crippen molar-refractivity contribution in [3.8, 4) is 17.3 Å². The summed E-state index contributed by atoms with van der Waals surface area (Å²) >= 11 is 0. The largest absolute Gasteiger partial charge is 0.490 e. The van der Waals surface area contributed by atoms with E-state index in [0.717, 1.165) is 11.3 Å². The number of rotatable bonds is 7. The van der Waals surface area contributed by atoms with Crippen molar-refractivity contribution in [1.82, 2.24) is 20.3 Å². The monoisotopic (exact) mass is 511 g/mol. The SMILES string of the molecule is CC1c2cnc(-c3ccccn3)nc2CCN1c1cc(F)c(F)c(OCCCNC(=O)OC(C)(C)C)c1. The topological polar surface area (TPSA) is 89.5 Å². The molecule has 0 aliphatic carbocycles. The lowest BCUT2D eigenvalue weighted by atomic mass is 9.98. The first-order chi connectivity index (χ1) is 17.6. The molecule has 37 heavy (non-hydrogen) atoms. The number of amides is 1. The smallest absolute Gasteiger partial charge is 0.407 e. The molecule has 0 saturated heterocycles. The molecular weight excluding hydrogens is 480 g/mol. The van der Waals surface area contributed by atoms with Crippen molar-refractivity contribution in [2.45, 2.75) is 52.2 Å². The Morgan fingerprint density at radius 3 is 2.76 bits per heavy atom. The number of fused-ring (bicyclic) bond motifs is 1. The number of ether oxygens (including phenoxy) is 2. The van der Waals surface area contributed by atoms with Crippen LogP contribution in [0.3, 0.4) is 0 Å². The number of halogens is 2. The van der Waals surface area contributed by atoms with Gasteiger partial charge in [-0.1, -0.05) is 6.07 Å². The minimum Gasteiger partial charge on any atom is -0.490 e. The highest BCUT2D eigenvalue weighted by molar-refractivity contribution is 5.67. The van der Waals surface area contributed by atoms with Gasteiger partial charge in [0, 0.05) is 55.3 Å². The van der Waals surface area contributed by atoms with Crippen LogP contribution in [0.25, 0.3) is 11.5 Å². The Kier molecular flexibility index (Phi) is 7.85. The van der Waals surface area contributed by atoms with E-state index in [0.29, 0.717) is 36.6 Å². The van der Waals surface area contributed by atoms with Gasteiger partial charge in [0.25, 0.3) is 0 Å². The van der Waals surface area contributed by atoms with Crippen LogP contribution in [-0.2, 0) is 11.2 Å². The Morgan fingerprint density at radius 1 is 1.22 bits per heavy atom. The van der Waals surface area contributed by atoms with Gasteiger partial charge in [0.05, 0.1) is 18.3 Å². The van der Waals surface area contributed by atoms with Crippen molar-refractivity contribution in [2.24, 2.45) is 0 Å². The van der Waals surface area contributed by atoms with Gasteiger partial charge in [-0.2, -0.15) is 4.39 Å². The van der Waals surface area contributed by atoms with Gasteiger partial charge < -0.3 is 19.7 Å². The molecule has 1 aliphatic heterocycles. The highest BCUT2D eigenvalue weighted by Crippen LogP contribution is 2.36. The number of alkyl carbamates (subject to hydrolysis) is 1. The first-order valence-electron chi connectivity index (χ1n) is 12.2. The van der Waals surface area contributed by atoms with Crippen molar-refractivity contribution >= 4 is 11.8 Å². The van der Waals surface area contributed by atoms with E-state index in [1.54, 1.807) is 33.2 Å². The number of anilines is 1. The van der Waals surface area contributed by atoms with Gasteiger partial charge in [0.1, 0.15) is 11.3 Å². The van der Waals surface area contributed by atoms with Crippen LogP contribution >= 0.6 is 0 Å². The van der Waals surface area contributed by atoms with Gasteiger partial charge >= 0.3 is 6.09 Å². The first kappa shape index (κ1) is 26.2. The van der Waals surface area contributed by atoms with Gasteiger partial charge in [-0.05, 0) is 46.2 Å². The van der Waals surface area contributed by atoms with Gasteiger partial charge in [0.15, 0.2) is 17.4 Å². The highest BCUT2D eigenvalue weighted by atomic mass is 19.2. The zero-order chi connectivity index (χ0) is 26.6. The average Bonchev–Trinajstić information content (AvgIpc) is 2.85. The Morgan fingerprint density at radius 2 is 2.03 bits per heavy atom. The Hall–Kier alpha value is -3.82. The van der Waals surface area contributed by atoms with Gasteiger partial charge in [-0.15, -0.1) is 0 Å². The maximum Gasteiger partial charge on any atom is 0.407 e. The maximum atomic E-state index is 14.5. The second-order valence-electron chi connectivity index (χ2n) is 9.80. The zero-order valence-corrected chi connectivity index (χ0v) is 21.4. The predicted octanol–water partition coefficient (Wildman–Crippen LogP) is 5.23. The summed E-state index contributed by atoms with van der Waals surface area (Å²) in [6.45, 7) is 8.23. The maximum absolute atomic E-state index is 14.5. The molecule has 3 heterocycles. The minimum atomic E-state index is -1.04. The molecule has 10 heteroatoms. The number of nitrogens with zero attached hydrogens (tertiary/aromatic N) is 4. The third-order valence-corrected chi connectivity index (χ3v) is 5.86. The van der Waals surface area contributed by atoms with E-state index in [4.69, 9.17) is 14.5 Å². The molecule has 0 spiro atoms. The molecule has 0 bridgehead atoms. The normalized spacial score (nSPS) is 15.2. The molecule has 1 unspecified atom stereocenters. The van der Waals surface area contributed by atoms with Crippen LogP contribution in [0.2, 0.25) is 0 Å². The van der Waals surface area contributed by atoms with Crippen LogP contribution in [0.5, 0.6) is 5.75 Å². The molecule has 3 aromatic rings.